The maximum atomic E-state index is 12.5. The quantitative estimate of drug-likeness (QED) is 0.642. The number of likely N-dealkylation sites (N-methyl/N-ethyl adjacent to an activating group) is 1. The second kappa shape index (κ2) is 10.6. The van der Waals surface area contributed by atoms with Gasteiger partial charge in [0.15, 0.2) is 0 Å². The maximum absolute atomic E-state index is 12.5. The van der Waals surface area contributed by atoms with Crippen molar-refractivity contribution in [2.75, 3.05) is 46.9 Å². The number of rotatable bonds is 9. The number of nitrogens with zero attached hydrogens (tertiary/aromatic N) is 2. The number of methoxy groups -OCH3 is 1. The number of likely N-dealkylation sites (tertiary alicyclic amines) is 1. The highest BCUT2D eigenvalue weighted by Gasteiger charge is 2.22. The van der Waals surface area contributed by atoms with Crippen molar-refractivity contribution < 1.29 is 17.9 Å². The zero-order valence-electron chi connectivity index (χ0n) is 16.3. The zero-order chi connectivity index (χ0) is 19.7. The van der Waals surface area contributed by atoms with E-state index in [-0.39, 0.29) is 17.3 Å². The average Bonchev–Trinajstić information content (AvgIpc) is 2.94. The molecule has 1 aromatic rings. The van der Waals surface area contributed by atoms with E-state index < -0.39 is 10.0 Å². The second-order valence-corrected chi connectivity index (χ2v) is 8.94. The first-order chi connectivity index (χ1) is 12.9. The van der Waals surface area contributed by atoms with Crippen LogP contribution in [0.25, 0.3) is 0 Å². The van der Waals surface area contributed by atoms with Crippen LogP contribution in [0.1, 0.15) is 32.1 Å². The Balaban J connectivity index is 1.74. The fourth-order valence-corrected chi connectivity index (χ4v) is 4.29. The van der Waals surface area contributed by atoms with Crippen LogP contribution in [0.2, 0.25) is 0 Å². The van der Waals surface area contributed by atoms with E-state index in [9.17, 15) is 13.2 Å². The van der Waals surface area contributed by atoms with Gasteiger partial charge < -0.3 is 15.0 Å². The Morgan fingerprint density at radius 1 is 1.15 bits per heavy atom. The van der Waals surface area contributed by atoms with E-state index in [1.807, 2.05) is 0 Å². The normalized spacial score (nSPS) is 16.1. The zero-order valence-corrected chi connectivity index (χ0v) is 17.1. The van der Waals surface area contributed by atoms with E-state index >= 15 is 0 Å². The van der Waals surface area contributed by atoms with Crippen molar-refractivity contribution in [2.24, 2.45) is 0 Å². The third-order valence-electron chi connectivity index (χ3n) is 4.81. The highest BCUT2D eigenvalue weighted by molar-refractivity contribution is 7.89. The highest BCUT2D eigenvalue weighted by atomic mass is 32.2. The monoisotopic (exact) mass is 397 g/mol. The number of amides is 1. The lowest BCUT2D eigenvalue weighted by Gasteiger charge is -2.20. The van der Waals surface area contributed by atoms with Crippen molar-refractivity contribution in [2.45, 2.75) is 37.0 Å². The number of sulfonamides is 1. The third kappa shape index (κ3) is 6.79. The fraction of sp³-hybridized carbons (Fsp3) is 0.632. The van der Waals surface area contributed by atoms with Gasteiger partial charge in [-0.3, -0.25) is 4.79 Å². The van der Waals surface area contributed by atoms with Gasteiger partial charge >= 0.3 is 0 Å². The van der Waals surface area contributed by atoms with Crippen LogP contribution in [-0.2, 0) is 14.8 Å². The lowest BCUT2D eigenvalue weighted by Crippen LogP contribution is -2.39. The molecule has 8 heteroatoms. The molecule has 1 N–H and O–H groups in total. The van der Waals surface area contributed by atoms with Crippen molar-refractivity contribution >= 4 is 15.9 Å². The lowest BCUT2D eigenvalue weighted by molar-refractivity contribution is -0.121. The molecule has 1 saturated heterocycles. The molecule has 1 amide bonds. The van der Waals surface area contributed by atoms with Gasteiger partial charge in [0.25, 0.3) is 0 Å². The fourth-order valence-electron chi connectivity index (χ4n) is 3.16. The molecular weight excluding hydrogens is 366 g/mol. The van der Waals surface area contributed by atoms with E-state index in [1.54, 1.807) is 12.1 Å². The summed E-state index contributed by atoms with van der Waals surface area (Å²) in [7, 11) is -0.768. The van der Waals surface area contributed by atoms with Gasteiger partial charge in [0.1, 0.15) is 5.75 Å². The molecule has 0 atom stereocenters. The van der Waals surface area contributed by atoms with E-state index in [4.69, 9.17) is 4.74 Å². The standard InChI is InChI=1S/C19H31N3O4S/c1-21(27(24,25)18-10-8-17(26-2)9-11-18)16-19(23)20-12-7-15-22-13-5-3-4-6-14-22/h8-11H,3-7,12-16H2,1-2H3,(H,20,23). The highest BCUT2D eigenvalue weighted by Crippen LogP contribution is 2.18. The first kappa shape index (κ1) is 21.7. The topological polar surface area (TPSA) is 79.0 Å². The predicted molar refractivity (Wildman–Crippen MR) is 105 cm³/mol. The number of hydrogen-bond donors (Lipinski definition) is 1. The Kier molecular flexibility index (Phi) is 8.53. The van der Waals surface area contributed by atoms with Gasteiger partial charge in [0.2, 0.25) is 15.9 Å². The van der Waals surface area contributed by atoms with Gasteiger partial charge in [0, 0.05) is 13.6 Å². The summed E-state index contributed by atoms with van der Waals surface area (Å²) in [5.74, 6) is 0.296. The summed E-state index contributed by atoms with van der Waals surface area (Å²) < 4.78 is 31.2. The van der Waals surface area contributed by atoms with Crippen LogP contribution < -0.4 is 10.1 Å². The third-order valence-corrected chi connectivity index (χ3v) is 6.62. The molecule has 27 heavy (non-hydrogen) atoms. The largest absolute Gasteiger partial charge is 0.497 e. The summed E-state index contributed by atoms with van der Waals surface area (Å²) in [5, 5.41) is 2.82. The molecule has 0 bridgehead atoms. The first-order valence-corrected chi connectivity index (χ1v) is 11.0. The van der Waals surface area contributed by atoms with E-state index in [1.165, 1.54) is 52.0 Å². The van der Waals surface area contributed by atoms with Gasteiger partial charge in [-0.15, -0.1) is 0 Å². The Labute approximate surface area is 162 Å². The van der Waals surface area contributed by atoms with Crippen molar-refractivity contribution in [1.29, 1.82) is 0 Å². The number of hydrogen-bond acceptors (Lipinski definition) is 5. The summed E-state index contributed by atoms with van der Waals surface area (Å²) in [6, 6.07) is 6.13. The van der Waals surface area contributed by atoms with Gasteiger partial charge in [0.05, 0.1) is 18.6 Å². The van der Waals surface area contributed by atoms with Crippen molar-refractivity contribution in [3.05, 3.63) is 24.3 Å². The molecule has 0 aromatic heterocycles. The Morgan fingerprint density at radius 2 is 1.78 bits per heavy atom. The van der Waals surface area contributed by atoms with Crippen LogP contribution in [0.3, 0.4) is 0 Å². The summed E-state index contributed by atoms with van der Waals surface area (Å²) in [4.78, 5) is 14.7. The number of nitrogens with one attached hydrogen (secondary N) is 1. The van der Waals surface area contributed by atoms with Crippen LogP contribution in [0, 0.1) is 0 Å². The number of carbonyl (C=O) groups excluding carboxylic acids is 1. The van der Waals surface area contributed by atoms with Gasteiger partial charge in [-0.05, 0) is 63.2 Å². The molecule has 2 rings (SSSR count). The van der Waals surface area contributed by atoms with Crippen LogP contribution in [0.15, 0.2) is 29.2 Å². The van der Waals surface area contributed by atoms with Gasteiger partial charge in [-0.2, -0.15) is 4.31 Å². The summed E-state index contributed by atoms with van der Waals surface area (Å²) >= 11 is 0. The molecule has 0 aliphatic carbocycles. The lowest BCUT2D eigenvalue weighted by atomic mass is 10.2. The molecule has 1 fully saturated rings. The van der Waals surface area contributed by atoms with Crippen LogP contribution in [0.4, 0.5) is 0 Å². The van der Waals surface area contributed by atoms with Gasteiger partial charge in [-0.25, -0.2) is 8.42 Å². The molecule has 1 aliphatic heterocycles. The Morgan fingerprint density at radius 3 is 2.37 bits per heavy atom. The van der Waals surface area contributed by atoms with Crippen molar-refractivity contribution in [3.8, 4) is 5.75 Å². The van der Waals surface area contributed by atoms with Gasteiger partial charge in [-0.1, -0.05) is 12.8 Å². The minimum absolute atomic E-state index is 0.139. The molecule has 7 nitrogen and oxygen atoms in total. The van der Waals surface area contributed by atoms with E-state index in [0.29, 0.717) is 12.3 Å². The Hall–Kier alpha value is -1.64. The molecule has 1 heterocycles. The molecule has 0 unspecified atom stereocenters. The SMILES string of the molecule is COc1ccc(S(=O)(=O)N(C)CC(=O)NCCCN2CCCCCC2)cc1. The molecule has 0 spiro atoms. The minimum atomic E-state index is -3.70. The van der Waals surface area contributed by atoms with E-state index in [2.05, 4.69) is 10.2 Å². The van der Waals surface area contributed by atoms with Crippen LogP contribution >= 0.6 is 0 Å². The Bertz CT molecular complexity index is 683. The molecule has 152 valence electrons. The van der Waals surface area contributed by atoms with Crippen LogP contribution in [0.5, 0.6) is 5.75 Å². The van der Waals surface area contributed by atoms with Crippen LogP contribution in [-0.4, -0.2) is 70.4 Å². The van der Waals surface area contributed by atoms with Crippen molar-refractivity contribution in [1.82, 2.24) is 14.5 Å². The summed E-state index contributed by atoms with van der Waals surface area (Å²) in [6.07, 6.45) is 5.99. The smallest absolute Gasteiger partial charge is 0.243 e. The molecule has 0 saturated carbocycles. The maximum Gasteiger partial charge on any atom is 0.243 e. The first-order valence-electron chi connectivity index (χ1n) is 9.53. The van der Waals surface area contributed by atoms with Crippen molar-refractivity contribution in [3.63, 3.8) is 0 Å². The molecule has 0 radical (unpaired) electrons. The predicted octanol–water partition coefficient (Wildman–Crippen LogP) is 1.70. The summed E-state index contributed by atoms with van der Waals surface area (Å²) in [6.45, 7) is 3.61. The summed E-state index contributed by atoms with van der Waals surface area (Å²) in [5.41, 5.74) is 0. The average molecular weight is 398 g/mol. The molecule has 1 aliphatic rings. The van der Waals surface area contributed by atoms with E-state index in [0.717, 1.165) is 30.4 Å². The number of carbonyl (C=O) groups is 1. The number of ether oxygens (including phenoxy) is 1. The minimum Gasteiger partial charge on any atom is -0.497 e. The molecule has 1 aromatic carbocycles. The number of benzene rings is 1. The second-order valence-electron chi connectivity index (χ2n) is 6.90. The molecular formula is C19H31N3O4S.